The highest BCUT2D eigenvalue weighted by Gasteiger charge is 2.21. The molecule has 0 saturated heterocycles. The molecule has 2 aliphatic rings. The monoisotopic (exact) mass is 394 g/mol. The summed E-state index contributed by atoms with van der Waals surface area (Å²) in [5.41, 5.74) is 1.11. The minimum Gasteiger partial charge on any atom is -0.486 e. The van der Waals surface area contributed by atoms with Crippen LogP contribution in [0.4, 0.5) is 0 Å². The Kier molecular flexibility index (Phi) is 5.15. The van der Waals surface area contributed by atoms with Gasteiger partial charge >= 0.3 is 0 Å². The molecule has 0 radical (unpaired) electrons. The fourth-order valence-electron chi connectivity index (χ4n) is 3.42. The lowest BCUT2D eigenvalue weighted by atomic mass is 9.87. The molecule has 1 N–H and O–H groups in total. The molecular formula is C18H22N2O4S2. The van der Waals surface area contributed by atoms with E-state index in [9.17, 15) is 8.42 Å². The number of thiazole rings is 1. The van der Waals surface area contributed by atoms with E-state index in [0.717, 1.165) is 10.7 Å². The predicted octanol–water partition coefficient (Wildman–Crippen LogP) is 3.44. The minimum atomic E-state index is -3.63. The quantitative estimate of drug-likeness (QED) is 0.841. The number of rotatable bonds is 5. The third-order valence-electron chi connectivity index (χ3n) is 4.83. The van der Waals surface area contributed by atoms with Gasteiger partial charge in [0, 0.05) is 17.4 Å². The fourth-order valence-corrected chi connectivity index (χ4v) is 5.33. The standard InChI is InChI=1S/C18H22N2O4S2/c21-26(22,14-6-7-16-17(10-14)24-9-8-23-16)19-11-18-20-15(12-25-18)13-4-2-1-3-5-13/h6-7,10,12-13,19H,1-5,8-9,11H2. The fraction of sp³-hybridized carbons (Fsp3) is 0.500. The smallest absolute Gasteiger partial charge is 0.241 e. The maximum Gasteiger partial charge on any atom is 0.241 e. The molecule has 0 spiro atoms. The number of hydrogen-bond donors (Lipinski definition) is 1. The van der Waals surface area contributed by atoms with Gasteiger partial charge in [-0.3, -0.25) is 0 Å². The van der Waals surface area contributed by atoms with Crippen LogP contribution in [0.15, 0.2) is 28.5 Å². The van der Waals surface area contributed by atoms with Gasteiger partial charge in [-0.15, -0.1) is 11.3 Å². The Hall–Kier alpha value is -1.64. The van der Waals surface area contributed by atoms with E-state index in [1.165, 1.54) is 55.6 Å². The minimum absolute atomic E-state index is 0.172. The summed E-state index contributed by atoms with van der Waals surface area (Å²) in [4.78, 5) is 4.82. The Labute approximate surface area is 157 Å². The number of nitrogens with zero attached hydrogens (tertiary/aromatic N) is 1. The number of fused-ring (bicyclic) bond motifs is 1. The van der Waals surface area contributed by atoms with Crippen LogP contribution in [0.2, 0.25) is 0 Å². The normalized spacial score (nSPS) is 18.0. The van der Waals surface area contributed by atoms with E-state index >= 15 is 0 Å². The summed E-state index contributed by atoms with van der Waals surface area (Å²) in [6.45, 7) is 1.10. The maximum atomic E-state index is 12.6. The Morgan fingerprint density at radius 2 is 1.88 bits per heavy atom. The molecule has 0 unspecified atom stereocenters. The summed E-state index contributed by atoms with van der Waals surface area (Å²) in [5.74, 6) is 1.57. The van der Waals surface area contributed by atoms with E-state index in [-0.39, 0.29) is 11.4 Å². The topological polar surface area (TPSA) is 77.5 Å². The van der Waals surface area contributed by atoms with Crippen LogP contribution in [0.1, 0.15) is 48.7 Å². The molecule has 26 heavy (non-hydrogen) atoms. The summed E-state index contributed by atoms with van der Waals surface area (Å²) < 4.78 is 38.7. The molecule has 4 rings (SSSR count). The highest BCUT2D eigenvalue weighted by Crippen LogP contribution is 2.34. The first-order valence-electron chi connectivity index (χ1n) is 8.95. The summed E-state index contributed by atoms with van der Waals surface area (Å²) >= 11 is 1.52. The molecule has 2 heterocycles. The van der Waals surface area contributed by atoms with Crippen LogP contribution in [0.5, 0.6) is 11.5 Å². The molecule has 140 valence electrons. The van der Waals surface area contributed by atoms with Gasteiger partial charge in [-0.2, -0.15) is 0 Å². The Balaban J connectivity index is 1.43. The summed E-state index contributed by atoms with van der Waals surface area (Å²) in [5, 5.41) is 2.87. The highest BCUT2D eigenvalue weighted by atomic mass is 32.2. The van der Waals surface area contributed by atoms with Crippen LogP contribution in [-0.4, -0.2) is 26.6 Å². The van der Waals surface area contributed by atoms with Crippen LogP contribution >= 0.6 is 11.3 Å². The number of ether oxygens (including phenoxy) is 2. The zero-order valence-electron chi connectivity index (χ0n) is 14.4. The largest absolute Gasteiger partial charge is 0.486 e. The van der Waals surface area contributed by atoms with Crippen molar-refractivity contribution in [1.29, 1.82) is 0 Å². The van der Waals surface area contributed by atoms with Crippen molar-refractivity contribution in [3.8, 4) is 11.5 Å². The number of benzene rings is 1. The maximum absolute atomic E-state index is 12.6. The zero-order valence-corrected chi connectivity index (χ0v) is 16.1. The van der Waals surface area contributed by atoms with Crippen LogP contribution in [0.3, 0.4) is 0 Å². The lowest BCUT2D eigenvalue weighted by Gasteiger charge is -2.19. The lowest BCUT2D eigenvalue weighted by molar-refractivity contribution is 0.171. The van der Waals surface area contributed by atoms with Gasteiger partial charge < -0.3 is 9.47 Å². The second-order valence-corrected chi connectivity index (χ2v) is 9.34. The van der Waals surface area contributed by atoms with Gasteiger partial charge in [0.25, 0.3) is 0 Å². The Morgan fingerprint density at radius 3 is 2.69 bits per heavy atom. The van der Waals surface area contributed by atoms with Crippen molar-refractivity contribution < 1.29 is 17.9 Å². The van der Waals surface area contributed by atoms with E-state index in [1.807, 2.05) is 0 Å². The van der Waals surface area contributed by atoms with Gasteiger partial charge in [0.15, 0.2) is 11.5 Å². The van der Waals surface area contributed by atoms with Crippen molar-refractivity contribution in [3.63, 3.8) is 0 Å². The molecule has 1 aliphatic carbocycles. The second-order valence-electron chi connectivity index (χ2n) is 6.63. The molecule has 8 heteroatoms. The van der Waals surface area contributed by atoms with Gasteiger partial charge in [-0.25, -0.2) is 18.1 Å². The average molecular weight is 395 g/mol. The first-order chi connectivity index (χ1) is 12.6. The first kappa shape index (κ1) is 17.8. The highest BCUT2D eigenvalue weighted by molar-refractivity contribution is 7.89. The molecule has 1 aromatic carbocycles. The van der Waals surface area contributed by atoms with Crippen LogP contribution in [0.25, 0.3) is 0 Å². The van der Waals surface area contributed by atoms with Crippen molar-refractivity contribution in [2.75, 3.05) is 13.2 Å². The molecule has 0 atom stereocenters. The molecule has 1 aliphatic heterocycles. The van der Waals surface area contributed by atoms with E-state index < -0.39 is 10.0 Å². The van der Waals surface area contributed by atoms with Gasteiger partial charge in [0.1, 0.15) is 18.2 Å². The van der Waals surface area contributed by atoms with Crippen molar-refractivity contribution >= 4 is 21.4 Å². The van der Waals surface area contributed by atoms with E-state index in [1.54, 1.807) is 6.07 Å². The molecule has 1 fully saturated rings. The lowest BCUT2D eigenvalue weighted by Crippen LogP contribution is -2.24. The molecule has 1 aromatic heterocycles. The molecular weight excluding hydrogens is 372 g/mol. The van der Waals surface area contributed by atoms with Crippen LogP contribution in [-0.2, 0) is 16.6 Å². The number of aromatic nitrogens is 1. The van der Waals surface area contributed by atoms with Crippen LogP contribution < -0.4 is 14.2 Å². The van der Waals surface area contributed by atoms with Crippen molar-refractivity contribution in [2.24, 2.45) is 0 Å². The van der Waals surface area contributed by atoms with E-state index in [2.05, 4.69) is 15.1 Å². The van der Waals surface area contributed by atoms with E-state index in [0.29, 0.717) is 30.6 Å². The van der Waals surface area contributed by atoms with Gasteiger partial charge in [0.2, 0.25) is 10.0 Å². The van der Waals surface area contributed by atoms with Gasteiger partial charge in [-0.05, 0) is 25.0 Å². The van der Waals surface area contributed by atoms with Gasteiger partial charge in [-0.1, -0.05) is 19.3 Å². The molecule has 2 aromatic rings. The van der Waals surface area contributed by atoms with Crippen molar-refractivity contribution in [2.45, 2.75) is 49.5 Å². The second kappa shape index (κ2) is 7.54. The first-order valence-corrected chi connectivity index (χ1v) is 11.3. The molecule has 0 amide bonds. The summed E-state index contributed by atoms with van der Waals surface area (Å²) in [6, 6.07) is 4.67. The van der Waals surface area contributed by atoms with Crippen molar-refractivity contribution in [3.05, 3.63) is 34.3 Å². The average Bonchev–Trinajstić information content (AvgIpc) is 3.16. The molecule has 0 bridgehead atoms. The summed E-state index contributed by atoms with van der Waals surface area (Å²) in [7, 11) is -3.63. The Morgan fingerprint density at radius 1 is 1.12 bits per heavy atom. The SMILES string of the molecule is O=S(=O)(NCc1nc(C2CCCCC2)cs1)c1ccc2c(c1)OCCO2. The molecule has 1 saturated carbocycles. The number of hydrogen-bond acceptors (Lipinski definition) is 6. The Bertz CT molecular complexity index is 873. The third-order valence-corrected chi connectivity index (χ3v) is 7.10. The zero-order chi connectivity index (χ0) is 18.0. The summed E-state index contributed by atoms with van der Waals surface area (Å²) in [6.07, 6.45) is 6.20. The van der Waals surface area contributed by atoms with Gasteiger partial charge in [0.05, 0.1) is 17.1 Å². The predicted molar refractivity (Wildman–Crippen MR) is 99.4 cm³/mol. The number of nitrogens with one attached hydrogen (secondary N) is 1. The number of sulfonamides is 1. The third kappa shape index (κ3) is 3.87. The molecule has 6 nitrogen and oxygen atoms in total. The van der Waals surface area contributed by atoms with Crippen molar-refractivity contribution in [1.82, 2.24) is 9.71 Å². The van der Waals surface area contributed by atoms with Crippen LogP contribution in [0, 0.1) is 0 Å². The van der Waals surface area contributed by atoms with E-state index in [4.69, 9.17) is 9.47 Å².